The van der Waals surface area contributed by atoms with Gasteiger partial charge >= 0.3 is 0 Å². The molecule has 92 valence electrons. The molecule has 1 aromatic rings. The summed E-state index contributed by atoms with van der Waals surface area (Å²) in [5, 5.41) is 8.98. The molecule has 2 fully saturated rings. The zero-order chi connectivity index (χ0) is 12.4. The van der Waals surface area contributed by atoms with E-state index in [1.807, 2.05) is 18.2 Å². The highest BCUT2D eigenvalue weighted by atomic mass is 16.7. The Hall–Kier alpha value is -1.53. The van der Waals surface area contributed by atoms with Gasteiger partial charge in [-0.05, 0) is 50.8 Å². The standard InChI is InChI=1S/C15H15NO2/c1-14-13(18-14)11-8-10(9-16)4-5-12(11)17-15(14)6-2-3-7-15/h4-5,8,13H,2-3,6-7H2,1H3. The van der Waals surface area contributed by atoms with Crippen molar-refractivity contribution in [1.29, 1.82) is 5.26 Å². The highest BCUT2D eigenvalue weighted by molar-refractivity contribution is 5.49. The molecule has 0 aromatic heterocycles. The zero-order valence-corrected chi connectivity index (χ0v) is 10.4. The summed E-state index contributed by atoms with van der Waals surface area (Å²) in [5.41, 5.74) is 1.43. The third kappa shape index (κ3) is 1.07. The second-order valence-corrected chi connectivity index (χ2v) is 5.77. The first kappa shape index (κ1) is 10.4. The van der Waals surface area contributed by atoms with Crippen LogP contribution in [-0.4, -0.2) is 11.2 Å². The van der Waals surface area contributed by atoms with Crippen LogP contribution in [-0.2, 0) is 4.74 Å². The Morgan fingerprint density at radius 1 is 1.33 bits per heavy atom. The van der Waals surface area contributed by atoms with E-state index < -0.39 is 0 Å². The molecule has 0 amide bonds. The zero-order valence-electron chi connectivity index (χ0n) is 10.4. The maximum Gasteiger partial charge on any atom is 0.140 e. The fourth-order valence-corrected chi connectivity index (χ4v) is 3.69. The van der Waals surface area contributed by atoms with E-state index in [-0.39, 0.29) is 17.3 Å². The molecule has 1 saturated heterocycles. The Morgan fingerprint density at radius 2 is 2.11 bits per heavy atom. The Bertz CT molecular complexity index is 568. The number of nitriles is 1. The van der Waals surface area contributed by atoms with Crippen LogP contribution in [0.3, 0.4) is 0 Å². The van der Waals surface area contributed by atoms with E-state index in [4.69, 9.17) is 14.7 Å². The van der Waals surface area contributed by atoms with Gasteiger partial charge in [-0.3, -0.25) is 0 Å². The summed E-state index contributed by atoms with van der Waals surface area (Å²) in [6.07, 6.45) is 4.72. The molecule has 1 aliphatic carbocycles. The number of hydrogen-bond acceptors (Lipinski definition) is 3. The van der Waals surface area contributed by atoms with Crippen molar-refractivity contribution in [1.82, 2.24) is 0 Å². The van der Waals surface area contributed by atoms with E-state index in [2.05, 4.69) is 13.0 Å². The Labute approximate surface area is 106 Å². The van der Waals surface area contributed by atoms with Crippen molar-refractivity contribution in [2.45, 2.75) is 49.9 Å². The number of rotatable bonds is 0. The summed E-state index contributed by atoms with van der Waals surface area (Å²) >= 11 is 0. The number of fused-ring (bicyclic) bond motifs is 4. The van der Waals surface area contributed by atoms with Crippen molar-refractivity contribution >= 4 is 0 Å². The van der Waals surface area contributed by atoms with E-state index in [1.54, 1.807) is 0 Å². The van der Waals surface area contributed by atoms with Crippen LogP contribution in [0.4, 0.5) is 0 Å². The van der Waals surface area contributed by atoms with Gasteiger partial charge in [-0.1, -0.05) is 0 Å². The highest BCUT2D eigenvalue weighted by Gasteiger charge is 2.71. The number of epoxide rings is 1. The molecule has 1 spiro atoms. The summed E-state index contributed by atoms with van der Waals surface area (Å²) in [7, 11) is 0. The average molecular weight is 241 g/mol. The molecule has 1 aromatic carbocycles. The number of nitrogens with zero attached hydrogens (tertiary/aromatic N) is 1. The first-order valence-corrected chi connectivity index (χ1v) is 6.59. The first-order chi connectivity index (χ1) is 8.68. The molecule has 3 heteroatoms. The maximum atomic E-state index is 8.98. The minimum atomic E-state index is -0.176. The van der Waals surface area contributed by atoms with Crippen molar-refractivity contribution in [3.05, 3.63) is 29.3 Å². The SMILES string of the molecule is CC12OC1c1cc(C#N)ccc1OC21CCCC1. The number of benzene rings is 1. The lowest BCUT2D eigenvalue weighted by Gasteiger charge is -2.38. The quantitative estimate of drug-likeness (QED) is 0.656. The molecular formula is C15H15NO2. The molecule has 18 heavy (non-hydrogen) atoms. The molecule has 2 heterocycles. The fraction of sp³-hybridized carbons (Fsp3) is 0.533. The first-order valence-electron chi connectivity index (χ1n) is 6.59. The van der Waals surface area contributed by atoms with Crippen molar-refractivity contribution in [3.8, 4) is 11.8 Å². The molecule has 0 radical (unpaired) electrons. The minimum absolute atomic E-state index is 0.118. The molecular weight excluding hydrogens is 226 g/mol. The van der Waals surface area contributed by atoms with Gasteiger partial charge in [-0.2, -0.15) is 5.26 Å². The Balaban J connectivity index is 1.84. The van der Waals surface area contributed by atoms with Crippen molar-refractivity contribution in [2.75, 3.05) is 0 Å². The summed E-state index contributed by atoms with van der Waals surface area (Å²) in [5.74, 6) is 0.913. The molecule has 0 N–H and O–H groups in total. The van der Waals surface area contributed by atoms with Crippen molar-refractivity contribution in [2.24, 2.45) is 0 Å². The highest BCUT2D eigenvalue weighted by Crippen LogP contribution is 2.65. The van der Waals surface area contributed by atoms with E-state index >= 15 is 0 Å². The maximum absolute atomic E-state index is 8.98. The van der Waals surface area contributed by atoms with Gasteiger partial charge in [0.2, 0.25) is 0 Å². The Kier molecular flexibility index (Phi) is 1.77. The molecule has 2 atom stereocenters. The van der Waals surface area contributed by atoms with E-state index in [0.29, 0.717) is 5.56 Å². The van der Waals surface area contributed by atoms with Gasteiger partial charge in [0, 0.05) is 5.56 Å². The van der Waals surface area contributed by atoms with Crippen molar-refractivity contribution < 1.29 is 9.47 Å². The predicted molar refractivity (Wildman–Crippen MR) is 65.2 cm³/mol. The third-order valence-electron chi connectivity index (χ3n) is 4.85. The monoisotopic (exact) mass is 241 g/mol. The van der Waals surface area contributed by atoms with Crippen LogP contribution in [0.5, 0.6) is 5.75 Å². The molecule has 4 rings (SSSR count). The van der Waals surface area contributed by atoms with E-state index in [9.17, 15) is 0 Å². The summed E-state index contributed by atoms with van der Waals surface area (Å²) in [4.78, 5) is 0. The van der Waals surface area contributed by atoms with Gasteiger partial charge in [0.1, 0.15) is 23.1 Å². The molecule has 3 aliphatic rings. The normalized spacial score (nSPS) is 34.3. The van der Waals surface area contributed by atoms with Crippen LogP contribution in [0.15, 0.2) is 18.2 Å². The fourth-order valence-electron chi connectivity index (χ4n) is 3.69. The topological polar surface area (TPSA) is 45.5 Å². The second-order valence-electron chi connectivity index (χ2n) is 5.77. The van der Waals surface area contributed by atoms with Crippen LogP contribution in [0.1, 0.15) is 49.8 Å². The Morgan fingerprint density at radius 3 is 2.83 bits per heavy atom. The van der Waals surface area contributed by atoms with E-state index in [1.165, 1.54) is 12.8 Å². The van der Waals surface area contributed by atoms with Gasteiger partial charge in [0.15, 0.2) is 0 Å². The van der Waals surface area contributed by atoms with Crippen LogP contribution < -0.4 is 4.74 Å². The van der Waals surface area contributed by atoms with Crippen LogP contribution in [0.25, 0.3) is 0 Å². The van der Waals surface area contributed by atoms with Crippen LogP contribution in [0.2, 0.25) is 0 Å². The summed E-state index contributed by atoms with van der Waals surface area (Å²) in [6, 6.07) is 7.84. The van der Waals surface area contributed by atoms with E-state index in [0.717, 1.165) is 24.2 Å². The second kappa shape index (κ2) is 3.07. The van der Waals surface area contributed by atoms with Gasteiger partial charge < -0.3 is 9.47 Å². The molecule has 2 aliphatic heterocycles. The van der Waals surface area contributed by atoms with Crippen molar-refractivity contribution in [3.63, 3.8) is 0 Å². The van der Waals surface area contributed by atoms with Crippen LogP contribution >= 0.6 is 0 Å². The lowest BCUT2D eigenvalue weighted by Crippen LogP contribution is -2.49. The molecule has 0 bridgehead atoms. The molecule has 2 unspecified atom stereocenters. The smallest absolute Gasteiger partial charge is 0.140 e. The molecule has 1 saturated carbocycles. The largest absolute Gasteiger partial charge is 0.484 e. The van der Waals surface area contributed by atoms with Crippen LogP contribution in [0, 0.1) is 11.3 Å². The lowest BCUT2D eigenvalue weighted by atomic mass is 9.79. The number of ether oxygens (including phenoxy) is 2. The minimum Gasteiger partial charge on any atom is -0.484 e. The summed E-state index contributed by atoms with van der Waals surface area (Å²) < 4.78 is 12.3. The molecule has 3 nitrogen and oxygen atoms in total. The van der Waals surface area contributed by atoms with Gasteiger partial charge in [-0.15, -0.1) is 0 Å². The van der Waals surface area contributed by atoms with Gasteiger partial charge in [0.25, 0.3) is 0 Å². The third-order valence-corrected chi connectivity index (χ3v) is 4.85. The lowest BCUT2D eigenvalue weighted by molar-refractivity contribution is -0.00330. The van der Waals surface area contributed by atoms with Gasteiger partial charge in [-0.25, -0.2) is 0 Å². The predicted octanol–water partition coefficient (Wildman–Crippen LogP) is 3.09. The summed E-state index contributed by atoms with van der Waals surface area (Å²) in [6.45, 7) is 2.16. The van der Waals surface area contributed by atoms with Gasteiger partial charge in [0.05, 0.1) is 11.6 Å². The average Bonchev–Trinajstić information content (AvgIpc) is 2.88. The number of hydrogen-bond donors (Lipinski definition) is 0.